The third-order valence-corrected chi connectivity index (χ3v) is 4.69. The molecule has 0 bridgehead atoms. The van der Waals surface area contributed by atoms with E-state index in [0.29, 0.717) is 17.8 Å². The molecule has 138 valence electrons. The molecule has 0 radical (unpaired) electrons. The van der Waals surface area contributed by atoms with Crippen LogP contribution in [-0.4, -0.2) is 63.0 Å². The van der Waals surface area contributed by atoms with Crippen LogP contribution in [0, 0.1) is 5.92 Å². The second kappa shape index (κ2) is 9.17. The number of benzene rings is 1. The number of hydrogen-bond acceptors (Lipinski definition) is 4. The van der Waals surface area contributed by atoms with Crippen LogP contribution >= 0.6 is 12.4 Å². The summed E-state index contributed by atoms with van der Waals surface area (Å²) in [6.07, 6.45) is 1.92. The highest BCUT2D eigenvalue weighted by Gasteiger charge is 2.33. The number of rotatable bonds is 6. The number of carbonyl (C=O) groups excluding carboxylic acids is 2. The van der Waals surface area contributed by atoms with E-state index in [4.69, 9.17) is 0 Å². The minimum atomic E-state index is -0.115. The predicted molar refractivity (Wildman–Crippen MR) is 101 cm³/mol. The fraction of sp³-hybridized carbons (Fsp3) is 0.556. The first-order valence-electron chi connectivity index (χ1n) is 8.74. The zero-order valence-corrected chi connectivity index (χ0v) is 15.5. The number of piperazine rings is 1. The predicted octanol–water partition coefficient (Wildman–Crippen LogP) is 1.12. The van der Waals surface area contributed by atoms with E-state index in [1.807, 2.05) is 18.2 Å². The summed E-state index contributed by atoms with van der Waals surface area (Å²) in [4.78, 5) is 28.8. The molecule has 0 atom stereocenters. The largest absolute Gasteiger partial charge is 0.351 e. The molecule has 25 heavy (non-hydrogen) atoms. The van der Waals surface area contributed by atoms with Crippen molar-refractivity contribution >= 4 is 29.9 Å². The molecule has 0 aromatic heterocycles. The molecule has 1 heterocycles. The van der Waals surface area contributed by atoms with Crippen LogP contribution < -0.4 is 15.5 Å². The molecule has 0 unspecified atom stereocenters. The van der Waals surface area contributed by atoms with Crippen LogP contribution in [-0.2, 0) is 4.79 Å². The Hall–Kier alpha value is -1.63. The lowest BCUT2D eigenvalue weighted by molar-refractivity contribution is -0.119. The zero-order chi connectivity index (χ0) is 16.9. The number of nitrogens with zero attached hydrogens (tertiary/aromatic N) is 2. The van der Waals surface area contributed by atoms with E-state index in [1.54, 1.807) is 18.0 Å². The number of halogens is 1. The quantitative estimate of drug-likeness (QED) is 0.791. The molecular weight excluding hydrogens is 340 g/mol. The summed E-state index contributed by atoms with van der Waals surface area (Å²) in [7, 11) is 1.76. The minimum Gasteiger partial charge on any atom is -0.351 e. The molecule has 6 nitrogen and oxygen atoms in total. The topological polar surface area (TPSA) is 64.7 Å². The van der Waals surface area contributed by atoms with Crippen molar-refractivity contribution in [1.29, 1.82) is 0 Å². The van der Waals surface area contributed by atoms with Crippen LogP contribution in [0.15, 0.2) is 24.3 Å². The molecule has 2 N–H and O–H groups in total. The fourth-order valence-corrected chi connectivity index (χ4v) is 3.04. The van der Waals surface area contributed by atoms with Crippen molar-refractivity contribution in [2.24, 2.45) is 5.92 Å². The van der Waals surface area contributed by atoms with Gasteiger partial charge in [-0.05, 0) is 25.0 Å². The lowest BCUT2D eigenvalue weighted by Gasteiger charge is -2.27. The summed E-state index contributed by atoms with van der Waals surface area (Å²) in [5, 5.41) is 6.30. The van der Waals surface area contributed by atoms with E-state index in [0.717, 1.165) is 45.6 Å². The van der Waals surface area contributed by atoms with Gasteiger partial charge in [-0.25, -0.2) is 0 Å². The Morgan fingerprint density at radius 3 is 2.60 bits per heavy atom. The standard InChI is InChI=1S/C18H26N4O2.ClH/c1-21(18(24)14-6-7-14)16-5-3-2-4-15(16)17(23)20-10-13-22-11-8-19-9-12-22;/h2-5,14,19H,6-13H2,1H3,(H,20,23);1H. The molecule has 2 fully saturated rings. The van der Waals surface area contributed by atoms with Gasteiger partial charge in [-0.15, -0.1) is 12.4 Å². The number of nitrogens with one attached hydrogen (secondary N) is 2. The lowest BCUT2D eigenvalue weighted by atomic mass is 10.1. The van der Waals surface area contributed by atoms with Crippen LogP contribution in [0.4, 0.5) is 5.69 Å². The molecule has 1 saturated heterocycles. The highest BCUT2D eigenvalue weighted by atomic mass is 35.5. The van der Waals surface area contributed by atoms with Gasteiger partial charge in [0.05, 0.1) is 11.3 Å². The number of amides is 2. The highest BCUT2D eigenvalue weighted by Crippen LogP contribution is 2.33. The Kier molecular flexibility index (Phi) is 7.23. The van der Waals surface area contributed by atoms with Crippen molar-refractivity contribution in [1.82, 2.24) is 15.5 Å². The molecule has 2 amide bonds. The summed E-state index contributed by atoms with van der Waals surface area (Å²) >= 11 is 0. The Morgan fingerprint density at radius 2 is 1.92 bits per heavy atom. The maximum Gasteiger partial charge on any atom is 0.253 e. The molecular formula is C18H27ClN4O2. The van der Waals surface area contributed by atoms with Crippen molar-refractivity contribution < 1.29 is 9.59 Å². The smallest absolute Gasteiger partial charge is 0.253 e. The van der Waals surface area contributed by atoms with Gasteiger partial charge in [-0.1, -0.05) is 12.1 Å². The normalized spacial score (nSPS) is 17.5. The number of carbonyl (C=O) groups is 2. The number of anilines is 1. The summed E-state index contributed by atoms with van der Waals surface area (Å²) in [5.74, 6) is 0.131. The van der Waals surface area contributed by atoms with E-state index < -0.39 is 0 Å². The molecule has 1 aliphatic carbocycles. The summed E-state index contributed by atoms with van der Waals surface area (Å²) in [5.41, 5.74) is 1.25. The maximum atomic E-state index is 12.5. The van der Waals surface area contributed by atoms with Gasteiger partial charge in [-0.2, -0.15) is 0 Å². The summed E-state index contributed by atoms with van der Waals surface area (Å²) < 4.78 is 0. The number of hydrogen-bond donors (Lipinski definition) is 2. The Bertz CT molecular complexity index is 600. The Labute approximate surface area is 155 Å². The monoisotopic (exact) mass is 366 g/mol. The molecule has 1 aliphatic heterocycles. The summed E-state index contributed by atoms with van der Waals surface area (Å²) in [6, 6.07) is 7.32. The first kappa shape index (κ1) is 19.7. The maximum absolute atomic E-state index is 12.5. The van der Waals surface area contributed by atoms with Crippen molar-refractivity contribution in [2.75, 3.05) is 51.2 Å². The molecule has 3 rings (SSSR count). The van der Waals surface area contributed by atoms with Gasteiger partial charge in [0.25, 0.3) is 5.91 Å². The van der Waals surface area contributed by atoms with E-state index in [-0.39, 0.29) is 30.1 Å². The van der Waals surface area contributed by atoms with Gasteiger partial charge >= 0.3 is 0 Å². The van der Waals surface area contributed by atoms with Crippen LogP contribution in [0.5, 0.6) is 0 Å². The summed E-state index contributed by atoms with van der Waals surface area (Å²) in [6.45, 7) is 5.52. The van der Waals surface area contributed by atoms with Gasteiger partial charge in [0.1, 0.15) is 0 Å². The van der Waals surface area contributed by atoms with E-state index in [2.05, 4.69) is 15.5 Å². The molecule has 2 aliphatic rings. The molecule has 1 aromatic carbocycles. The second-order valence-electron chi connectivity index (χ2n) is 6.54. The lowest BCUT2D eigenvalue weighted by Crippen LogP contribution is -2.46. The van der Waals surface area contributed by atoms with Gasteiger partial charge in [-0.3, -0.25) is 14.5 Å². The van der Waals surface area contributed by atoms with E-state index in [1.165, 1.54) is 0 Å². The van der Waals surface area contributed by atoms with Crippen molar-refractivity contribution in [3.63, 3.8) is 0 Å². The third kappa shape index (κ3) is 5.17. The van der Waals surface area contributed by atoms with Crippen molar-refractivity contribution in [3.8, 4) is 0 Å². The fourth-order valence-electron chi connectivity index (χ4n) is 3.04. The van der Waals surface area contributed by atoms with Gasteiger partial charge in [0.15, 0.2) is 0 Å². The van der Waals surface area contributed by atoms with Gasteiger partial charge in [0.2, 0.25) is 5.91 Å². The van der Waals surface area contributed by atoms with E-state index in [9.17, 15) is 9.59 Å². The second-order valence-corrected chi connectivity index (χ2v) is 6.54. The Morgan fingerprint density at radius 1 is 1.24 bits per heavy atom. The average Bonchev–Trinajstić information content (AvgIpc) is 3.46. The van der Waals surface area contributed by atoms with Gasteiger partial charge < -0.3 is 15.5 Å². The highest BCUT2D eigenvalue weighted by molar-refractivity contribution is 6.05. The Balaban J connectivity index is 0.00000225. The van der Waals surface area contributed by atoms with Crippen molar-refractivity contribution in [3.05, 3.63) is 29.8 Å². The van der Waals surface area contributed by atoms with Crippen LogP contribution in [0.25, 0.3) is 0 Å². The molecule has 7 heteroatoms. The SMILES string of the molecule is CN(C(=O)C1CC1)c1ccccc1C(=O)NCCN1CCNCC1.Cl. The first-order chi connectivity index (χ1) is 11.7. The van der Waals surface area contributed by atoms with Crippen LogP contribution in [0.2, 0.25) is 0 Å². The minimum absolute atomic E-state index is 0. The number of para-hydroxylation sites is 1. The average molecular weight is 367 g/mol. The van der Waals surface area contributed by atoms with Crippen LogP contribution in [0.3, 0.4) is 0 Å². The van der Waals surface area contributed by atoms with Gasteiger partial charge in [0, 0.05) is 52.2 Å². The van der Waals surface area contributed by atoms with Crippen molar-refractivity contribution in [2.45, 2.75) is 12.8 Å². The zero-order valence-electron chi connectivity index (χ0n) is 14.7. The molecule has 0 spiro atoms. The van der Waals surface area contributed by atoms with Crippen LogP contribution in [0.1, 0.15) is 23.2 Å². The molecule has 1 saturated carbocycles. The molecule has 1 aromatic rings. The van der Waals surface area contributed by atoms with E-state index >= 15 is 0 Å². The first-order valence-corrected chi connectivity index (χ1v) is 8.74. The third-order valence-electron chi connectivity index (χ3n) is 4.69.